The average Bonchev–Trinajstić information content (AvgIpc) is 2.77. The Hall–Kier alpha value is -2.66. The highest BCUT2D eigenvalue weighted by Crippen LogP contribution is 2.42. The summed E-state index contributed by atoms with van der Waals surface area (Å²) in [7, 11) is 1.66. The van der Waals surface area contributed by atoms with Gasteiger partial charge in [0, 0.05) is 35.2 Å². The van der Waals surface area contributed by atoms with E-state index in [0.29, 0.717) is 34.6 Å². The van der Waals surface area contributed by atoms with Crippen LogP contribution in [0.3, 0.4) is 0 Å². The quantitative estimate of drug-likeness (QED) is 0.581. The van der Waals surface area contributed by atoms with E-state index in [0.717, 1.165) is 12.8 Å². The van der Waals surface area contributed by atoms with Gasteiger partial charge in [-0.05, 0) is 31.4 Å². The van der Waals surface area contributed by atoms with E-state index in [1.54, 1.807) is 51.2 Å². The minimum absolute atomic E-state index is 0.000192. The fraction of sp³-hybridized carbons (Fsp3) is 0.400. The number of halogens is 1. The summed E-state index contributed by atoms with van der Waals surface area (Å²) in [5.74, 6) is -0.891. The van der Waals surface area contributed by atoms with Gasteiger partial charge in [0.05, 0.1) is 5.92 Å². The van der Waals surface area contributed by atoms with Gasteiger partial charge in [-0.3, -0.25) is 14.4 Å². The molecule has 164 valence electrons. The summed E-state index contributed by atoms with van der Waals surface area (Å²) in [5, 5.41) is 0.469. The lowest BCUT2D eigenvalue weighted by atomic mass is 9.74. The lowest BCUT2D eigenvalue weighted by molar-refractivity contribution is -0.148. The van der Waals surface area contributed by atoms with Crippen molar-refractivity contribution in [2.75, 3.05) is 7.05 Å². The van der Waals surface area contributed by atoms with Gasteiger partial charge in [-0.25, -0.2) is 0 Å². The van der Waals surface area contributed by atoms with Crippen LogP contribution < -0.4 is 0 Å². The summed E-state index contributed by atoms with van der Waals surface area (Å²) in [5.41, 5.74) is 0.549. The Kier molecular flexibility index (Phi) is 7.16. The molecule has 3 rings (SSSR count). The van der Waals surface area contributed by atoms with Crippen molar-refractivity contribution in [3.63, 3.8) is 0 Å². The summed E-state index contributed by atoms with van der Waals surface area (Å²) in [6, 6.07) is 14.2. The van der Waals surface area contributed by atoms with Gasteiger partial charge in [-0.1, -0.05) is 61.8 Å². The number of amides is 1. The molecule has 1 atom stereocenters. The van der Waals surface area contributed by atoms with Crippen molar-refractivity contribution in [3.8, 4) is 0 Å². The number of hydrogen-bond donors (Lipinski definition) is 0. The summed E-state index contributed by atoms with van der Waals surface area (Å²) < 4.78 is 5.36. The van der Waals surface area contributed by atoms with Crippen molar-refractivity contribution < 1.29 is 19.1 Å². The molecule has 0 unspecified atom stereocenters. The van der Waals surface area contributed by atoms with Crippen LogP contribution in [0.1, 0.15) is 61.0 Å². The number of likely N-dealkylation sites (N-methyl/N-ethyl adjacent to an activating group) is 1. The minimum Gasteiger partial charge on any atom is -0.461 e. The second-order valence-electron chi connectivity index (χ2n) is 8.25. The van der Waals surface area contributed by atoms with Crippen LogP contribution in [0.4, 0.5) is 0 Å². The second-order valence-corrected chi connectivity index (χ2v) is 8.66. The van der Waals surface area contributed by atoms with E-state index in [1.165, 1.54) is 4.90 Å². The van der Waals surface area contributed by atoms with Gasteiger partial charge in [0.2, 0.25) is 0 Å². The monoisotopic (exact) mass is 441 g/mol. The van der Waals surface area contributed by atoms with E-state index in [1.807, 2.05) is 18.2 Å². The molecule has 0 radical (unpaired) electrons. The number of ketones is 1. The summed E-state index contributed by atoms with van der Waals surface area (Å²) in [6.45, 7) is 3.52. The van der Waals surface area contributed by atoms with Crippen LogP contribution in [0, 0.1) is 5.92 Å². The molecule has 1 aliphatic carbocycles. The van der Waals surface area contributed by atoms with Crippen LogP contribution in [0.25, 0.3) is 0 Å². The topological polar surface area (TPSA) is 63.7 Å². The summed E-state index contributed by atoms with van der Waals surface area (Å²) in [6.07, 6.45) is 2.54. The molecule has 1 aliphatic rings. The first kappa shape index (κ1) is 23.0. The zero-order chi connectivity index (χ0) is 22.6. The predicted octanol–water partition coefficient (Wildman–Crippen LogP) is 5.15. The molecular formula is C25H28ClNO4. The number of hydrogen-bond acceptors (Lipinski definition) is 4. The number of carbonyl (C=O) groups is 3. The van der Waals surface area contributed by atoms with E-state index in [4.69, 9.17) is 16.3 Å². The molecule has 0 aliphatic heterocycles. The molecule has 1 fully saturated rings. The fourth-order valence-corrected chi connectivity index (χ4v) is 4.45. The van der Waals surface area contributed by atoms with Gasteiger partial charge in [0.1, 0.15) is 12.1 Å². The van der Waals surface area contributed by atoms with Crippen molar-refractivity contribution in [1.82, 2.24) is 4.90 Å². The van der Waals surface area contributed by atoms with Crippen LogP contribution >= 0.6 is 11.6 Å². The van der Waals surface area contributed by atoms with Crippen LogP contribution in [-0.2, 0) is 26.5 Å². The molecule has 0 heterocycles. The summed E-state index contributed by atoms with van der Waals surface area (Å²) >= 11 is 6.50. The van der Waals surface area contributed by atoms with Gasteiger partial charge in [0.15, 0.2) is 5.78 Å². The first-order valence-electron chi connectivity index (χ1n) is 10.6. The number of ether oxygens (including phenoxy) is 1. The van der Waals surface area contributed by atoms with Crippen molar-refractivity contribution >= 4 is 29.3 Å². The maximum absolute atomic E-state index is 13.7. The minimum atomic E-state index is -1.12. The SMILES string of the molecule is CC(C)C(=O)OCc1ccccc1C(=O)N(C)[C@]1(c2ccccc2Cl)CCCCC1=O. The Morgan fingerprint density at radius 1 is 1.10 bits per heavy atom. The van der Waals surface area contributed by atoms with Gasteiger partial charge in [0.25, 0.3) is 5.91 Å². The Morgan fingerprint density at radius 3 is 2.45 bits per heavy atom. The number of Topliss-reactive ketones (excluding diaryl/α,β-unsaturated/α-hetero) is 1. The third-order valence-electron chi connectivity index (χ3n) is 5.94. The fourth-order valence-electron chi connectivity index (χ4n) is 4.15. The highest BCUT2D eigenvalue weighted by atomic mass is 35.5. The Labute approximate surface area is 188 Å². The van der Waals surface area contributed by atoms with Gasteiger partial charge < -0.3 is 9.64 Å². The van der Waals surface area contributed by atoms with Crippen molar-refractivity contribution in [2.24, 2.45) is 5.92 Å². The second kappa shape index (κ2) is 9.65. The molecule has 5 nitrogen and oxygen atoms in total. The zero-order valence-electron chi connectivity index (χ0n) is 18.2. The summed E-state index contributed by atoms with van der Waals surface area (Å²) in [4.78, 5) is 40.4. The van der Waals surface area contributed by atoms with E-state index in [9.17, 15) is 14.4 Å². The highest BCUT2D eigenvalue weighted by Gasteiger charge is 2.48. The maximum Gasteiger partial charge on any atom is 0.308 e. The number of benzene rings is 2. The normalized spacial score (nSPS) is 18.7. The lowest BCUT2D eigenvalue weighted by Crippen LogP contribution is -2.54. The van der Waals surface area contributed by atoms with Crippen molar-refractivity contribution in [3.05, 3.63) is 70.2 Å². The molecule has 0 aromatic heterocycles. The predicted molar refractivity (Wildman–Crippen MR) is 120 cm³/mol. The average molecular weight is 442 g/mol. The van der Waals surface area contributed by atoms with Crippen LogP contribution in [-0.4, -0.2) is 29.6 Å². The molecule has 1 amide bonds. The number of esters is 1. The first-order valence-corrected chi connectivity index (χ1v) is 11.0. The standard InChI is InChI=1S/C25H28ClNO4/c1-17(2)24(30)31-16-18-10-4-5-11-19(18)23(29)27(3)25(15-9-8-14-22(25)28)20-12-6-7-13-21(20)26/h4-7,10-13,17H,8-9,14-16H2,1-3H3/t25-/m0/s1. The molecule has 0 spiro atoms. The molecule has 2 aromatic rings. The van der Waals surface area contributed by atoms with Gasteiger partial charge >= 0.3 is 5.97 Å². The zero-order valence-corrected chi connectivity index (χ0v) is 18.9. The Morgan fingerprint density at radius 2 is 1.77 bits per heavy atom. The van der Waals surface area contributed by atoms with Crippen LogP contribution in [0.5, 0.6) is 0 Å². The molecule has 0 N–H and O–H groups in total. The third-order valence-corrected chi connectivity index (χ3v) is 6.27. The highest BCUT2D eigenvalue weighted by molar-refractivity contribution is 6.31. The Bertz CT molecular complexity index is 987. The maximum atomic E-state index is 13.7. The molecule has 0 saturated heterocycles. The lowest BCUT2D eigenvalue weighted by Gasteiger charge is -2.44. The van der Waals surface area contributed by atoms with E-state index in [-0.39, 0.29) is 30.2 Å². The number of rotatable bonds is 6. The molecule has 2 aromatic carbocycles. The molecular weight excluding hydrogens is 414 g/mol. The third kappa shape index (κ3) is 4.52. The van der Waals surface area contributed by atoms with E-state index >= 15 is 0 Å². The van der Waals surface area contributed by atoms with Gasteiger partial charge in [-0.2, -0.15) is 0 Å². The smallest absolute Gasteiger partial charge is 0.308 e. The first-order chi connectivity index (χ1) is 14.8. The van der Waals surface area contributed by atoms with Crippen molar-refractivity contribution in [1.29, 1.82) is 0 Å². The molecule has 1 saturated carbocycles. The van der Waals surface area contributed by atoms with Crippen LogP contribution in [0.2, 0.25) is 5.02 Å². The largest absolute Gasteiger partial charge is 0.461 e. The van der Waals surface area contributed by atoms with Gasteiger partial charge in [-0.15, -0.1) is 0 Å². The van der Waals surface area contributed by atoms with Crippen LogP contribution in [0.15, 0.2) is 48.5 Å². The number of carbonyl (C=O) groups excluding carboxylic acids is 3. The van der Waals surface area contributed by atoms with Crippen molar-refractivity contribution in [2.45, 2.75) is 51.7 Å². The number of nitrogens with zero attached hydrogens (tertiary/aromatic N) is 1. The molecule has 31 heavy (non-hydrogen) atoms. The molecule has 0 bridgehead atoms. The molecule has 6 heteroatoms. The Balaban J connectivity index is 2.00. The van der Waals surface area contributed by atoms with E-state index in [2.05, 4.69) is 0 Å². The van der Waals surface area contributed by atoms with E-state index < -0.39 is 5.54 Å².